The van der Waals surface area contributed by atoms with Crippen LogP contribution in [0.2, 0.25) is 0 Å². The number of rotatable bonds is 4. The number of fused-ring (bicyclic) bond motifs is 1. The number of nitrogens with zero attached hydrogens (tertiary/aromatic N) is 2. The van der Waals surface area contributed by atoms with E-state index in [0.29, 0.717) is 18.3 Å². The lowest BCUT2D eigenvalue weighted by atomic mass is 10.1. The van der Waals surface area contributed by atoms with Crippen molar-refractivity contribution in [1.82, 2.24) is 15.2 Å². The highest BCUT2D eigenvalue weighted by Crippen LogP contribution is 2.28. The van der Waals surface area contributed by atoms with Gasteiger partial charge in [-0.25, -0.2) is 9.78 Å². The molecule has 1 aromatic heterocycles. The fraction of sp³-hybridized carbons (Fsp3) is 0.643. The van der Waals surface area contributed by atoms with Gasteiger partial charge in [0.1, 0.15) is 5.69 Å². The number of ether oxygens (including phenoxy) is 1. The fourth-order valence-electron chi connectivity index (χ4n) is 3.16. The molecule has 0 aliphatic carbocycles. The maximum atomic E-state index is 12.2. The minimum atomic E-state index is -0.468. The van der Waals surface area contributed by atoms with E-state index in [1.54, 1.807) is 12.3 Å². The number of thiazole rings is 1. The minimum absolute atomic E-state index is 0.194. The monoisotopic (exact) mass is 309 g/mol. The Bertz CT molecular complexity index is 545. The first-order valence-electron chi connectivity index (χ1n) is 7.36. The second-order valence-corrected chi connectivity index (χ2v) is 6.23. The molecule has 1 aromatic rings. The second-order valence-electron chi connectivity index (χ2n) is 5.37. The Labute approximate surface area is 127 Å². The summed E-state index contributed by atoms with van der Waals surface area (Å²) in [5.74, 6) is -0.662. The predicted molar refractivity (Wildman–Crippen MR) is 78.5 cm³/mol. The normalized spacial score (nSPS) is 24.8. The first-order valence-corrected chi connectivity index (χ1v) is 8.24. The predicted octanol–water partition coefficient (Wildman–Crippen LogP) is 1.29. The van der Waals surface area contributed by atoms with Crippen LogP contribution in [0.5, 0.6) is 0 Å². The summed E-state index contributed by atoms with van der Waals surface area (Å²) in [6.07, 6.45) is 3.35. The summed E-state index contributed by atoms with van der Waals surface area (Å²) >= 11 is 1.15. The molecule has 0 radical (unpaired) electrons. The summed E-state index contributed by atoms with van der Waals surface area (Å²) in [6.45, 7) is 4.24. The summed E-state index contributed by atoms with van der Waals surface area (Å²) in [7, 11) is 0. The zero-order valence-corrected chi connectivity index (χ0v) is 12.8. The maximum Gasteiger partial charge on any atom is 0.367 e. The number of aromatic nitrogens is 1. The van der Waals surface area contributed by atoms with Crippen molar-refractivity contribution in [3.63, 3.8) is 0 Å². The van der Waals surface area contributed by atoms with Crippen molar-refractivity contribution in [2.45, 2.75) is 38.3 Å². The lowest BCUT2D eigenvalue weighted by Gasteiger charge is -2.20. The number of nitrogens with one attached hydrogen (secondary N) is 1. The van der Waals surface area contributed by atoms with Crippen LogP contribution >= 0.6 is 11.3 Å². The van der Waals surface area contributed by atoms with Crippen LogP contribution in [0.15, 0.2) is 5.38 Å². The van der Waals surface area contributed by atoms with Crippen molar-refractivity contribution in [2.24, 2.45) is 0 Å². The van der Waals surface area contributed by atoms with Crippen molar-refractivity contribution in [3.8, 4) is 0 Å². The molecule has 3 rings (SSSR count). The number of carbonyl (C=O) groups excluding carboxylic acids is 2. The van der Waals surface area contributed by atoms with E-state index in [4.69, 9.17) is 4.74 Å². The second kappa shape index (κ2) is 6.11. The van der Waals surface area contributed by atoms with E-state index in [1.165, 1.54) is 6.42 Å². The van der Waals surface area contributed by atoms with Gasteiger partial charge in [0.05, 0.1) is 6.61 Å². The Morgan fingerprint density at radius 2 is 2.33 bits per heavy atom. The first kappa shape index (κ1) is 14.5. The highest BCUT2D eigenvalue weighted by atomic mass is 32.1. The molecule has 6 nitrogen and oxygen atoms in total. The number of hydrogen-bond donors (Lipinski definition) is 1. The summed E-state index contributed by atoms with van der Waals surface area (Å²) in [6, 6.07) is 0.671. The smallest absolute Gasteiger partial charge is 0.367 e. The van der Waals surface area contributed by atoms with E-state index >= 15 is 0 Å². The van der Waals surface area contributed by atoms with Gasteiger partial charge >= 0.3 is 5.97 Å². The molecule has 7 heteroatoms. The zero-order chi connectivity index (χ0) is 14.8. The third-order valence-corrected chi connectivity index (χ3v) is 4.93. The molecule has 114 valence electrons. The van der Waals surface area contributed by atoms with E-state index in [9.17, 15) is 9.59 Å². The van der Waals surface area contributed by atoms with Crippen LogP contribution in [0.4, 0.5) is 0 Å². The number of carbonyl (C=O) groups is 2. The van der Waals surface area contributed by atoms with Crippen molar-refractivity contribution in [1.29, 1.82) is 0 Å². The molecule has 2 saturated heterocycles. The van der Waals surface area contributed by atoms with Crippen LogP contribution in [0, 0.1) is 0 Å². The lowest BCUT2D eigenvalue weighted by Crippen LogP contribution is -2.42. The molecule has 0 saturated carbocycles. The molecule has 0 spiro atoms. The third kappa shape index (κ3) is 2.94. The van der Waals surface area contributed by atoms with Gasteiger partial charge in [-0.3, -0.25) is 9.69 Å². The molecule has 2 aliphatic heterocycles. The molecular weight excluding hydrogens is 290 g/mol. The first-order chi connectivity index (χ1) is 10.2. The van der Waals surface area contributed by atoms with Crippen molar-refractivity contribution >= 4 is 23.2 Å². The van der Waals surface area contributed by atoms with E-state index in [1.807, 2.05) is 0 Å². The third-order valence-electron chi connectivity index (χ3n) is 4.11. The van der Waals surface area contributed by atoms with Crippen LogP contribution < -0.4 is 5.32 Å². The number of esters is 1. The Morgan fingerprint density at radius 3 is 3.14 bits per heavy atom. The topological polar surface area (TPSA) is 71.5 Å². The summed E-state index contributed by atoms with van der Waals surface area (Å²) in [5.41, 5.74) is 0.305. The average molecular weight is 309 g/mol. The van der Waals surface area contributed by atoms with Crippen LogP contribution in [-0.4, -0.2) is 53.5 Å². The lowest BCUT2D eigenvalue weighted by molar-refractivity contribution is 0.0526. The molecule has 2 atom stereocenters. The van der Waals surface area contributed by atoms with E-state index < -0.39 is 5.97 Å². The van der Waals surface area contributed by atoms with Gasteiger partial charge in [0, 0.05) is 24.0 Å². The zero-order valence-electron chi connectivity index (χ0n) is 12.0. The van der Waals surface area contributed by atoms with E-state index in [0.717, 1.165) is 37.3 Å². The Morgan fingerprint density at radius 1 is 1.48 bits per heavy atom. The molecule has 3 heterocycles. The quantitative estimate of drug-likeness (QED) is 0.849. The summed E-state index contributed by atoms with van der Waals surface area (Å²) < 4.78 is 4.88. The highest BCUT2D eigenvalue weighted by molar-refractivity contribution is 7.11. The summed E-state index contributed by atoms with van der Waals surface area (Å²) in [4.78, 5) is 30.3. The van der Waals surface area contributed by atoms with Crippen molar-refractivity contribution in [2.75, 3.05) is 19.7 Å². The van der Waals surface area contributed by atoms with Gasteiger partial charge in [-0.1, -0.05) is 0 Å². The van der Waals surface area contributed by atoms with Gasteiger partial charge in [-0.05, 0) is 32.7 Å². The van der Waals surface area contributed by atoms with Crippen molar-refractivity contribution < 1.29 is 14.3 Å². The van der Waals surface area contributed by atoms with Crippen molar-refractivity contribution in [3.05, 3.63) is 16.1 Å². The van der Waals surface area contributed by atoms with Crippen LogP contribution in [-0.2, 0) is 4.74 Å². The molecule has 1 N–H and O–H groups in total. The van der Waals surface area contributed by atoms with Gasteiger partial charge < -0.3 is 10.1 Å². The Balaban J connectivity index is 1.62. The van der Waals surface area contributed by atoms with Crippen LogP contribution in [0.25, 0.3) is 0 Å². The van der Waals surface area contributed by atoms with E-state index in [2.05, 4.69) is 15.2 Å². The fourth-order valence-corrected chi connectivity index (χ4v) is 3.85. The molecule has 0 aromatic carbocycles. The van der Waals surface area contributed by atoms with Crippen LogP contribution in [0.1, 0.15) is 46.5 Å². The van der Waals surface area contributed by atoms with Gasteiger partial charge in [-0.2, -0.15) is 0 Å². The van der Waals surface area contributed by atoms with Gasteiger partial charge in [-0.15, -0.1) is 11.3 Å². The average Bonchev–Trinajstić information content (AvgIpc) is 3.16. The SMILES string of the molecule is CCOC(=O)c1nc(C(=O)NC2CCN3CCCC23)cs1. The molecule has 2 unspecified atom stereocenters. The maximum absolute atomic E-state index is 12.2. The number of amides is 1. The molecule has 1 amide bonds. The summed E-state index contributed by atoms with van der Waals surface area (Å²) in [5, 5.41) is 4.91. The molecule has 0 bridgehead atoms. The van der Waals surface area contributed by atoms with Gasteiger partial charge in [0.2, 0.25) is 5.01 Å². The highest BCUT2D eigenvalue weighted by Gasteiger charge is 2.38. The standard InChI is InChI=1S/C14H19N3O3S/c1-2-20-14(19)13-16-10(8-21-13)12(18)15-9-5-7-17-6-3-4-11(9)17/h8-9,11H,2-7H2,1H3,(H,15,18). The molecule has 2 aliphatic rings. The van der Waals surface area contributed by atoms with E-state index in [-0.39, 0.29) is 17.0 Å². The number of hydrogen-bond acceptors (Lipinski definition) is 6. The van der Waals surface area contributed by atoms with Crippen LogP contribution in [0.3, 0.4) is 0 Å². The Kier molecular flexibility index (Phi) is 4.21. The molecular formula is C14H19N3O3S. The largest absolute Gasteiger partial charge is 0.461 e. The molecule has 21 heavy (non-hydrogen) atoms. The van der Waals surface area contributed by atoms with Gasteiger partial charge in [0.25, 0.3) is 5.91 Å². The van der Waals surface area contributed by atoms with Gasteiger partial charge in [0.15, 0.2) is 0 Å². The molecule has 2 fully saturated rings. The Hall–Kier alpha value is -1.47. The minimum Gasteiger partial charge on any atom is -0.461 e.